The first-order chi connectivity index (χ1) is 7.83. The van der Waals surface area contributed by atoms with Crippen LogP contribution in [-0.4, -0.2) is 12.1 Å². The number of pyridine rings is 1. The van der Waals surface area contributed by atoms with Gasteiger partial charge in [-0.2, -0.15) is 5.26 Å². The molecular formula is C13H10N2O. The van der Waals surface area contributed by atoms with Crippen molar-refractivity contribution in [1.82, 2.24) is 4.98 Å². The summed E-state index contributed by atoms with van der Waals surface area (Å²) in [5.74, 6) is 0.569. The van der Waals surface area contributed by atoms with Crippen molar-refractivity contribution in [3.05, 3.63) is 48.2 Å². The Bertz CT molecular complexity index is 544. The molecule has 0 aliphatic rings. The molecule has 0 N–H and O–H groups in total. The Kier molecular flexibility index (Phi) is 2.84. The molecule has 0 fully saturated rings. The number of hydrogen-bond acceptors (Lipinski definition) is 3. The largest absolute Gasteiger partial charge is 0.481 e. The molecule has 2 rings (SSSR count). The highest BCUT2D eigenvalue weighted by molar-refractivity contribution is 5.65. The van der Waals surface area contributed by atoms with Crippen LogP contribution in [0.15, 0.2) is 42.6 Å². The van der Waals surface area contributed by atoms with Crippen LogP contribution in [0.3, 0.4) is 0 Å². The van der Waals surface area contributed by atoms with E-state index >= 15 is 0 Å². The highest BCUT2D eigenvalue weighted by Crippen LogP contribution is 2.22. The van der Waals surface area contributed by atoms with Crippen LogP contribution in [0, 0.1) is 11.3 Å². The first kappa shape index (κ1) is 10.2. The zero-order chi connectivity index (χ0) is 11.4. The molecule has 1 aromatic carbocycles. The van der Waals surface area contributed by atoms with Crippen LogP contribution in [0.4, 0.5) is 0 Å². The lowest BCUT2D eigenvalue weighted by molar-refractivity contribution is 0.398. The van der Waals surface area contributed by atoms with Crippen LogP contribution in [0.25, 0.3) is 11.1 Å². The predicted octanol–water partition coefficient (Wildman–Crippen LogP) is 2.63. The number of methoxy groups -OCH3 is 1. The Hall–Kier alpha value is -2.34. The molecule has 0 unspecified atom stereocenters. The summed E-state index contributed by atoms with van der Waals surface area (Å²) >= 11 is 0. The molecule has 0 aliphatic carbocycles. The van der Waals surface area contributed by atoms with Gasteiger partial charge < -0.3 is 4.74 Å². The Morgan fingerprint density at radius 3 is 2.75 bits per heavy atom. The molecular weight excluding hydrogens is 200 g/mol. The average Bonchev–Trinajstić information content (AvgIpc) is 2.39. The van der Waals surface area contributed by atoms with E-state index in [1.54, 1.807) is 19.4 Å². The lowest BCUT2D eigenvalue weighted by atomic mass is 10.0. The number of ether oxygens (including phenoxy) is 1. The average molecular weight is 210 g/mol. The second-order valence-corrected chi connectivity index (χ2v) is 3.28. The SMILES string of the molecule is COc1cc(-c2cccc(C#N)c2)ccn1. The Balaban J connectivity index is 2.46. The highest BCUT2D eigenvalue weighted by Gasteiger charge is 2.01. The fourth-order valence-electron chi connectivity index (χ4n) is 1.47. The number of hydrogen-bond donors (Lipinski definition) is 0. The van der Waals surface area contributed by atoms with E-state index < -0.39 is 0 Å². The lowest BCUT2D eigenvalue weighted by Crippen LogP contribution is -1.87. The molecule has 0 amide bonds. The summed E-state index contributed by atoms with van der Waals surface area (Å²) in [5, 5.41) is 8.82. The van der Waals surface area contributed by atoms with Crippen LogP contribution in [0.2, 0.25) is 0 Å². The van der Waals surface area contributed by atoms with Gasteiger partial charge in [0, 0.05) is 12.3 Å². The lowest BCUT2D eigenvalue weighted by Gasteiger charge is -2.03. The molecule has 3 heteroatoms. The molecule has 3 nitrogen and oxygen atoms in total. The third kappa shape index (κ3) is 2.01. The smallest absolute Gasteiger partial charge is 0.213 e. The normalized spacial score (nSPS) is 9.50. The zero-order valence-corrected chi connectivity index (χ0v) is 8.84. The van der Waals surface area contributed by atoms with Crippen LogP contribution >= 0.6 is 0 Å². The summed E-state index contributed by atoms with van der Waals surface area (Å²) in [7, 11) is 1.58. The van der Waals surface area contributed by atoms with Gasteiger partial charge in [-0.05, 0) is 29.3 Å². The predicted molar refractivity (Wildman–Crippen MR) is 60.9 cm³/mol. The number of rotatable bonds is 2. The van der Waals surface area contributed by atoms with Crippen molar-refractivity contribution in [3.63, 3.8) is 0 Å². The molecule has 0 atom stereocenters. The van der Waals surface area contributed by atoms with E-state index in [0.717, 1.165) is 11.1 Å². The van der Waals surface area contributed by atoms with Crippen molar-refractivity contribution in [3.8, 4) is 23.1 Å². The molecule has 1 aromatic heterocycles. The van der Waals surface area contributed by atoms with Crippen molar-refractivity contribution >= 4 is 0 Å². The third-order valence-corrected chi connectivity index (χ3v) is 2.27. The topological polar surface area (TPSA) is 45.9 Å². The van der Waals surface area contributed by atoms with Crippen molar-refractivity contribution < 1.29 is 4.74 Å². The van der Waals surface area contributed by atoms with Gasteiger partial charge in [0.2, 0.25) is 5.88 Å². The Morgan fingerprint density at radius 2 is 2.00 bits per heavy atom. The number of nitriles is 1. The van der Waals surface area contributed by atoms with Gasteiger partial charge in [0.1, 0.15) is 0 Å². The van der Waals surface area contributed by atoms with Crippen LogP contribution in [0.5, 0.6) is 5.88 Å². The minimum Gasteiger partial charge on any atom is -0.481 e. The summed E-state index contributed by atoms with van der Waals surface area (Å²) < 4.78 is 5.06. The van der Waals surface area contributed by atoms with E-state index in [9.17, 15) is 0 Å². The summed E-state index contributed by atoms with van der Waals surface area (Å²) in [6.45, 7) is 0. The van der Waals surface area contributed by atoms with Crippen molar-refractivity contribution in [2.24, 2.45) is 0 Å². The Morgan fingerprint density at radius 1 is 1.19 bits per heavy atom. The molecule has 1 heterocycles. The van der Waals surface area contributed by atoms with Gasteiger partial charge in [-0.25, -0.2) is 4.98 Å². The molecule has 16 heavy (non-hydrogen) atoms. The maximum atomic E-state index is 8.82. The van der Waals surface area contributed by atoms with Crippen LogP contribution < -0.4 is 4.74 Å². The van der Waals surface area contributed by atoms with Gasteiger partial charge in [-0.3, -0.25) is 0 Å². The fraction of sp³-hybridized carbons (Fsp3) is 0.0769. The van der Waals surface area contributed by atoms with Gasteiger partial charge in [-0.15, -0.1) is 0 Å². The van der Waals surface area contributed by atoms with E-state index in [1.165, 1.54) is 0 Å². The second-order valence-electron chi connectivity index (χ2n) is 3.28. The standard InChI is InChI=1S/C13H10N2O/c1-16-13-8-12(5-6-15-13)11-4-2-3-10(7-11)9-14/h2-8H,1H3. The van der Waals surface area contributed by atoms with Crippen molar-refractivity contribution in [2.45, 2.75) is 0 Å². The molecule has 78 valence electrons. The molecule has 0 radical (unpaired) electrons. The summed E-state index contributed by atoms with van der Waals surface area (Å²) in [6.07, 6.45) is 1.69. The highest BCUT2D eigenvalue weighted by atomic mass is 16.5. The summed E-state index contributed by atoms with van der Waals surface area (Å²) in [5.41, 5.74) is 2.62. The van der Waals surface area contributed by atoms with E-state index in [0.29, 0.717) is 11.4 Å². The van der Waals surface area contributed by atoms with Gasteiger partial charge in [0.25, 0.3) is 0 Å². The maximum absolute atomic E-state index is 8.82. The molecule has 0 bridgehead atoms. The van der Waals surface area contributed by atoms with E-state index in [4.69, 9.17) is 10.00 Å². The summed E-state index contributed by atoms with van der Waals surface area (Å²) in [6, 6.07) is 13.3. The van der Waals surface area contributed by atoms with Crippen LogP contribution in [0.1, 0.15) is 5.56 Å². The first-order valence-corrected chi connectivity index (χ1v) is 4.84. The van der Waals surface area contributed by atoms with Gasteiger partial charge in [-0.1, -0.05) is 12.1 Å². The maximum Gasteiger partial charge on any atom is 0.213 e. The molecule has 2 aromatic rings. The summed E-state index contributed by atoms with van der Waals surface area (Å²) in [4.78, 5) is 4.04. The molecule has 0 aliphatic heterocycles. The van der Waals surface area contributed by atoms with Crippen molar-refractivity contribution in [1.29, 1.82) is 5.26 Å². The van der Waals surface area contributed by atoms with E-state index in [1.807, 2.05) is 30.3 Å². The van der Waals surface area contributed by atoms with Crippen molar-refractivity contribution in [2.75, 3.05) is 7.11 Å². The second kappa shape index (κ2) is 4.45. The molecule has 0 spiro atoms. The zero-order valence-electron chi connectivity index (χ0n) is 8.84. The molecule has 0 saturated carbocycles. The molecule has 0 saturated heterocycles. The van der Waals surface area contributed by atoms with Gasteiger partial charge in [0.15, 0.2) is 0 Å². The van der Waals surface area contributed by atoms with E-state index in [-0.39, 0.29) is 0 Å². The first-order valence-electron chi connectivity index (χ1n) is 4.84. The van der Waals surface area contributed by atoms with Crippen LogP contribution in [-0.2, 0) is 0 Å². The minimum absolute atomic E-state index is 0.569. The van der Waals surface area contributed by atoms with Gasteiger partial charge >= 0.3 is 0 Å². The third-order valence-electron chi connectivity index (χ3n) is 2.27. The Labute approximate surface area is 93.9 Å². The number of nitrogens with zero attached hydrogens (tertiary/aromatic N) is 2. The monoisotopic (exact) mass is 210 g/mol. The number of aromatic nitrogens is 1. The quantitative estimate of drug-likeness (QED) is 0.765. The van der Waals surface area contributed by atoms with Gasteiger partial charge in [0.05, 0.1) is 18.7 Å². The minimum atomic E-state index is 0.569. The fourth-order valence-corrected chi connectivity index (χ4v) is 1.47. The number of benzene rings is 1. The van der Waals surface area contributed by atoms with E-state index in [2.05, 4.69) is 11.1 Å².